The van der Waals surface area contributed by atoms with Gasteiger partial charge in [0.2, 0.25) is 5.95 Å². The molecule has 0 saturated carbocycles. The Bertz CT molecular complexity index is 783. The quantitative estimate of drug-likeness (QED) is 0.887. The van der Waals surface area contributed by atoms with Gasteiger partial charge in [0.15, 0.2) is 0 Å². The highest BCUT2D eigenvalue weighted by molar-refractivity contribution is 5.33. The number of halogens is 3. The molecule has 1 aromatic heterocycles. The zero-order valence-corrected chi connectivity index (χ0v) is 14.9. The van der Waals surface area contributed by atoms with Gasteiger partial charge in [0.25, 0.3) is 0 Å². The minimum atomic E-state index is -4.30. The number of alkyl halides is 3. The summed E-state index contributed by atoms with van der Waals surface area (Å²) in [5.41, 5.74) is 1.17. The molecule has 0 radical (unpaired) electrons. The normalized spacial score (nSPS) is 19.1. The van der Waals surface area contributed by atoms with Gasteiger partial charge >= 0.3 is 6.18 Å². The molecular formula is C19H22F3N5. The van der Waals surface area contributed by atoms with Gasteiger partial charge in [-0.15, -0.1) is 0 Å². The summed E-state index contributed by atoms with van der Waals surface area (Å²) in [4.78, 5) is 13.4. The first kappa shape index (κ1) is 18.2. The number of rotatable bonds is 4. The lowest BCUT2D eigenvalue weighted by Gasteiger charge is -2.35. The van der Waals surface area contributed by atoms with Crippen LogP contribution in [-0.4, -0.2) is 54.1 Å². The lowest BCUT2D eigenvalue weighted by atomic mass is 9.99. The van der Waals surface area contributed by atoms with Gasteiger partial charge in [-0.2, -0.15) is 13.2 Å². The number of benzene rings is 1. The van der Waals surface area contributed by atoms with Crippen LogP contribution in [0.4, 0.5) is 19.1 Å². The Kier molecular flexibility index (Phi) is 5.01. The highest BCUT2D eigenvalue weighted by Gasteiger charge is 2.30. The second kappa shape index (κ2) is 7.44. The van der Waals surface area contributed by atoms with Crippen molar-refractivity contribution in [2.24, 2.45) is 0 Å². The Morgan fingerprint density at radius 3 is 2.52 bits per heavy atom. The Labute approximate surface area is 156 Å². The third-order valence-corrected chi connectivity index (χ3v) is 5.18. The molecule has 0 aliphatic carbocycles. The number of piperazine rings is 1. The van der Waals surface area contributed by atoms with Gasteiger partial charge in [-0.05, 0) is 17.7 Å². The van der Waals surface area contributed by atoms with Crippen molar-refractivity contribution in [3.8, 4) is 0 Å². The number of anilines is 1. The zero-order valence-electron chi connectivity index (χ0n) is 14.9. The van der Waals surface area contributed by atoms with Crippen LogP contribution in [0.5, 0.6) is 0 Å². The van der Waals surface area contributed by atoms with Crippen molar-refractivity contribution >= 4 is 5.95 Å². The monoisotopic (exact) mass is 377 g/mol. The first-order valence-electron chi connectivity index (χ1n) is 9.16. The van der Waals surface area contributed by atoms with Crippen LogP contribution >= 0.6 is 0 Å². The summed E-state index contributed by atoms with van der Waals surface area (Å²) in [6, 6.07) is 7.55. The fourth-order valence-corrected chi connectivity index (χ4v) is 3.45. The minimum absolute atomic E-state index is 0.467. The molecule has 0 spiro atoms. The standard InChI is InChI=1S/C19H22F3N5/c20-19(21,22)16-3-1-2-14(10-16)13-26-6-8-27(9-7-26)18-24-5-4-17(25-18)15-11-23-12-15/h1-5,10,15,23H,6-9,11-13H2. The van der Waals surface area contributed by atoms with Crippen LogP contribution in [-0.2, 0) is 12.7 Å². The highest BCUT2D eigenvalue weighted by Crippen LogP contribution is 2.30. The molecule has 1 aromatic carbocycles. The predicted octanol–water partition coefficient (Wildman–Crippen LogP) is 2.50. The lowest BCUT2D eigenvalue weighted by Crippen LogP contribution is -2.47. The summed E-state index contributed by atoms with van der Waals surface area (Å²) >= 11 is 0. The molecule has 4 rings (SSSR count). The average Bonchev–Trinajstić information content (AvgIpc) is 2.61. The van der Waals surface area contributed by atoms with E-state index in [-0.39, 0.29) is 0 Å². The summed E-state index contributed by atoms with van der Waals surface area (Å²) in [6.45, 7) is 5.52. The van der Waals surface area contributed by atoms with Gasteiger partial charge in [-0.25, -0.2) is 9.97 Å². The summed E-state index contributed by atoms with van der Waals surface area (Å²) in [5, 5.41) is 3.25. The number of aromatic nitrogens is 2. The molecule has 27 heavy (non-hydrogen) atoms. The van der Waals surface area contributed by atoms with E-state index in [9.17, 15) is 13.2 Å². The van der Waals surface area contributed by atoms with Gasteiger partial charge in [0, 0.05) is 57.9 Å². The summed E-state index contributed by atoms with van der Waals surface area (Å²) in [6.07, 6.45) is -2.49. The third kappa shape index (κ3) is 4.22. The molecule has 2 aromatic rings. The predicted molar refractivity (Wildman–Crippen MR) is 96.6 cm³/mol. The molecule has 2 fully saturated rings. The fourth-order valence-electron chi connectivity index (χ4n) is 3.45. The van der Waals surface area contributed by atoms with Crippen molar-refractivity contribution in [3.05, 3.63) is 53.3 Å². The van der Waals surface area contributed by atoms with Gasteiger partial charge in [0.05, 0.1) is 11.3 Å². The molecule has 0 atom stereocenters. The zero-order chi connectivity index (χ0) is 18.9. The van der Waals surface area contributed by atoms with Gasteiger partial charge in [0.1, 0.15) is 0 Å². The van der Waals surface area contributed by atoms with E-state index in [0.29, 0.717) is 18.0 Å². The highest BCUT2D eigenvalue weighted by atomic mass is 19.4. The van der Waals surface area contributed by atoms with Crippen molar-refractivity contribution in [2.45, 2.75) is 18.6 Å². The van der Waals surface area contributed by atoms with Crippen LogP contribution < -0.4 is 10.2 Å². The van der Waals surface area contributed by atoms with Crippen LogP contribution in [0.15, 0.2) is 36.5 Å². The Morgan fingerprint density at radius 2 is 1.85 bits per heavy atom. The van der Waals surface area contributed by atoms with Crippen molar-refractivity contribution in [3.63, 3.8) is 0 Å². The number of hydrogen-bond acceptors (Lipinski definition) is 5. The SMILES string of the molecule is FC(F)(F)c1cccc(CN2CCN(c3nccc(C4CNC4)n3)CC2)c1. The second-order valence-corrected chi connectivity index (χ2v) is 7.10. The maximum Gasteiger partial charge on any atom is 0.416 e. The summed E-state index contributed by atoms with van der Waals surface area (Å²) < 4.78 is 38.6. The van der Waals surface area contributed by atoms with E-state index < -0.39 is 11.7 Å². The van der Waals surface area contributed by atoms with Crippen LogP contribution in [0.1, 0.15) is 22.7 Å². The first-order valence-corrected chi connectivity index (χ1v) is 9.16. The smallest absolute Gasteiger partial charge is 0.338 e. The van der Waals surface area contributed by atoms with E-state index in [4.69, 9.17) is 4.98 Å². The maximum atomic E-state index is 12.9. The molecule has 2 aliphatic rings. The van der Waals surface area contributed by atoms with Gasteiger partial charge < -0.3 is 10.2 Å². The molecular weight excluding hydrogens is 355 g/mol. The van der Waals surface area contributed by atoms with Crippen molar-refractivity contribution in [2.75, 3.05) is 44.2 Å². The fraction of sp³-hybridized carbons (Fsp3) is 0.474. The van der Waals surface area contributed by atoms with Crippen molar-refractivity contribution < 1.29 is 13.2 Å². The molecule has 0 amide bonds. The van der Waals surface area contributed by atoms with E-state index in [1.807, 2.05) is 12.3 Å². The lowest BCUT2D eigenvalue weighted by molar-refractivity contribution is -0.137. The summed E-state index contributed by atoms with van der Waals surface area (Å²) in [5.74, 6) is 1.21. The van der Waals surface area contributed by atoms with Gasteiger partial charge in [-0.3, -0.25) is 4.90 Å². The third-order valence-electron chi connectivity index (χ3n) is 5.18. The van der Waals surface area contributed by atoms with Crippen LogP contribution in [0.2, 0.25) is 0 Å². The molecule has 0 bridgehead atoms. The van der Waals surface area contributed by atoms with Crippen LogP contribution in [0.3, 0.4) is 0 Å². The maximum absolute atomic E-state index is 12.9. The molecule has 8 heteroatoms. The van der Waals surface area contributed by atoms with E-state index in [1.54, 1.807) is 6.07 Å². The van der Waals surface area contributed by atoms with Crippen LogP contribution in [0, 0.1) is 0 Å². The molecule has 0 unspecified atom stereocenters. The van der Waals surface area contributed by atoms with E-state index in [1.165, 1.54) is 12.1 Å². The minimum Gasteiger partial charge on any atom is -0.338 e. The molecule has 5 nitrogen and oxygen atoms in total. The van der Waals surface area contributed by atoms with Gasteiger partial charge in [-0.1, -0.05) is 18.2 Å². The van der Waals surface area contributed by atoms with Crippen molar-refractivity contribution in [1.82, 2.24) is 20.2 Å². The Hall–Kier alpha value is -2.19. The molecule has 144 valence electrons. The Balaban J connectivity index is 1.35. The largest absolute Gasteiger partial charge is 0.416 e. The first-order chi connectivity index (χ1) is 13.0. The van der Waals surface area contributed by atoms with E-state index in [0.717, 1.165) is 57.0 Å². The second-order valence-electron chi connectivity index (χ2n) is 7.10. The van der Waals surface area contributed by atoms with E-state index in [2.05, 4.69) is 20.1 Å². The summed E-state index contributed by atoms with van der Waals surface area (Å²) in [7, 11) is 0. The molecule has 2 saturated heterocycles. The average molecular weight is 377 g/mol. The number of nitrogens with zero attached hydrogens (tertiary/aromatic N) is 4. The van der Waals surface area contributed by atoms with Crippen molar-refractivity contribution in [1.29, 1.82) is 0 Å². The molecule has 2 aliphatic heterocycles. The molecule has 1 N–H and O–H groups in total. The Morgan fingerprint density at radius 1 is 1.07 bits per heavy atom. The topological polar surface area (TPSA) is 44.3 Å². The van der Waals surface area contributed by atoms with E-state index >= 15 is 0 Å². The molecule has 3 heterocycles. The number of nitrogens with one attached hydrogen (secondary N) is 1. The van der Waals surface area contributed by atoms with Crippen LogP contribution in [0.25, 0.3) is 0 Å². The number of hydrogen-bond donors (Lipinski definition) is 1.